The lowest BCUT2D eigenvalue weighted by molar-refractivity contribution is -0.120. The van der Waals surface area contributed by atoms with E-state index in [2.05, 4.69) is 15.8 Å². The van der Waals surface area contributed by atoms with Gasteiger partial charge in [0.25, 0.3) is 11.8 Å². The molecule has 0 aliphatic carbocycles. The molecule has 0 saturated heterocycles. The van der Waals surface area contributed by atoms with Crippen LogP contribution in [0.1, 0.15) is 22.8 Å². The van der Waals surface area contributed by atoms with Gasteiger partial charge < -0.3 is 24.9 Å². The van der Waals surface area contributed by atoms with E-state index in [0.29, 0.717) is 34.9 Å². The molecule has 0 heterocycles. The molecule has 8 heteroatoms. The molecule has 0 saturated carbocycles. The number of nitrogens with one attached hydrogen (secondary N) is 2. The number of ether oxygens (including phenoxy) is 2. The van der Waals surface area contributed by atoms with E-state index in [-0.39, 0.29) is 12.5 Å². The first-order valence-corrected chi connectivity index (χ1v) is 8.62. The van der Waals surface area contributed by atoms with Gasteiger partial charge in [-0.25, -0.2) is 0 Å². The molecule has 0 unspecified atom stereocenters. The van der Waals surface area contributed by atoms with Gasteiger partial charge in [0, 0.05) is 23.4 Å². The predicted octanol–water partition coefficient (Wildman–Crippen LogP) is 2.44. The van der Waals surface area contributed by atoms with Crippen LogP contribution in [0.3, 0.4) is 0 Å². The zero-order chi connectivity index (χ0) is 20.4. The Balaban J connectivity index is 1.90. The number of hydrogen-bond acceptors (Lipinski definition) is 6. The zero-order valence-electron chi connectivity index (χ0n) is 16.0. The summed E-state index contributed by atoms with van der Waals surface area (Å²) in [6.07, 6.45) is 1.43. The van der Waals surface area contributed by atoms with Crippen LogP contribution >= 0.6 is 0 Å². The highest BCUT2D eigenvalue weighted by molar-refractivity contribution is 5.97. The molecule has 0 fully saturated rings. The Morgan fingerprint density at radius 2 is 1.93 bits per heavy atom. The highest BCUT2D eigenvalue weighted by atomic mass is 16.6. The van der Waals surface area contributed by atoms with Crippen molar-refractivity contribution in [3.8, 4) is 11.5 Å². The van der Waals surface area contributed by atoms with Crippen LogP contribution < -0.4 is 20.1 Å². The van der Waals surface area contributed by atoms with Crippen molar-refractivity contribution < 1.29 is 23.9 Å². The quantitative estimate of drug-likeness (QED) is 0.510. The molecule has 0 spiro atoms. The van der Waals surface area contributed by atoms with Gasteiger partial charge in [-0.05, 0) is 43.3 Å². The number of amides is 2. The van der Waals surface area contributed by atoms with Crippen LogP contribution in [-0.4, -0.2) is 45.4 Å². The third-order valence-electron chi connectivity index (χ3n) is 3.64. The van der Waals surface area contributed by atoms with Crippen molar-refractivity contribution in [2.75, 3.05) is 32.7 Å². The number of carbonyl (C=O) groups is 2. The average Bonchev–Trinajstić information content (AvgIpc) is 2.71. The third-order valence-corrected chi connectivity index (χ3v) is 3.64. The van der Waals surface area contributed by atoms with E-state index in [9.17, 15) is 9.59 Å². The SMILES string of the molecule is CCNC(=O)c1cccc(NC(=O)CO/N=C/c2cc(OC)ccc2OC)c1. The Bertz CT molecular complexity index is 851. The Morgan fingerprint density at radius 3 is 2.64 bits per heavy atom. The van der Waals surface area contributed by atoms with Gasteiger partial charge in [-0.15, -0.1) is 0 Å². The van der Waals surface area contributed by atoms with Gasteiger partial charge in [0.1, 0.15) is 11.5 Å². The lowest BCUT2D eigenvalue weighted by atomic mass is 10.2. The van der Waals surface area contributed by atoms with Crippen molar-refractivity contribution >= 4 is 23.7 Å². The molecule has 0 aliphatic heterocycles. The minimum absolute atomic E-state index is 0.202. The van der Waals surface area contributed by atoms with E-state index in [1.54, 1.807) is 56.7 Å². The summed E-state index contributed by atoms with van der Waals surface area (Å²) in [6.45, 7) is 2.08. The average molecular weight is 385 g/mol. The van der Waals surface area contributed by atoms with E-state index in [1.807, 2.05) is 6.92 Å². The molecule has 0 radical (unpaired) electrons. The maximum Gasteiger partial charge on any atom is 0.265 e. The molecule has 148 valence electrons. The monoisotopic (exact) mass is 385 g/mol. The predicted molar refractivity (Wildman–Crippen MR) is 106 cm³/mol. The van der Waals surface area contributed by atoms with Crippen LogP contribution in [-0.2, 0) is 9.63 Å². The second kappa shape index (κ2) is 10.6. The normalized spacial score (nSPS) is 10.4. The van der Waals surface area contributed by atoms with Gasteiger partial charge >= 0.3 is 0 Å². The van der Waals surface area contributed by atoms with Crippen molar-refractivity contribution in [1.29, 1.82) is 0 Å². The van der Waals surface area contributed by atoms with Crippen molar-refractivity contribution in [3.63, 3.8) is 0 Å². The molecule has 2 aromatic carbocycles. The van der Waals surface area contributed by atoms with E-state index in [4.69, 9.17) is 14.3 Å². The van der Waals surface area contributed by atoms with Crippen LogP contribution in [0, 0.1) is 0 Å². The van der Waals surface area contributed by atoms with Crippen LogP contribution in [0.4, 0.5) is 5.69 Å². The molecule has 2 rings (SSSR count). The van der Waals surface area contributed by atoms with Crippen molar-refractivity contribution in [2.45, 2.75) is 6.92 Å². The Hall–Kier alpha value is -3.55. The Labute approximate surface area is 163 Å². The summed E-state index contributed by atoms with van der Waals surface area (Å²) < 4.78 is 10.4. The number of oxime groups is 1. The van der Waals surface area contributed by atoms with Crippen LogP contribution in [0.15, 0.2) is 47.6 Å². The summed E-state index contributed by atoms with van der Waals surface area (Å²) in [5, 5.41) is 9.15. The number of hydrogen-bond donors (Lipinski definition) is 2. The van der Waals surface area contributed by atoms with Crippen molar-refractivity contribution in [1.82, 2.24) is 5.32 Å². The molecular formula is C20H23N3O5. The zero-order valence-corrected chi connectivity index (χ0v) is 16.0. The first-order valence-electron chi connectivity index (χ1n) is 8.62. The maximum absolute atomic E-state index is 12.0. The van der Waals surface area contributed by atoms with E-state index in [1.165, 1.54) is 6.21 Å². The molecule has 28 heavy (non-hydrogen) atoms. The molecule has 2 aromatic rings. The fourth-order valence-electron chi connectivity index (χ4n) is 2.33. The van der Waals surface area contributed by atoms with Crippen LogP contribution in [0.25, 0.3) is 0 Å². The summed E-state index contributed by atoms with van der Waals surface area (Å²) in [7, 11) is 3.10. The molecule has 0 bridgehead atoms. The summed E-state index contributed by atoms with van der Waals surface area (Å²) in [5.41, 5.74) is 1.61. The lowest BCUT2D eigenvalue weighted by Crippen LogP contribution is -2.23. The van der Waals surface area contributed by atoms with Crippen molar-refractivity contribution in [2.24, 2.45) is 5.16 Å². The number of methoxy groups -OCH3 is 2. The van der Waals surface area contributed by atoms with E-state index >= 15 is 0 Å². The fourth-order valence-corrected chi connectivity index (χ4v) is 2.33. The molecule has 0 aliphatic rings. The second-order valence-electron chi connectivity index (χ2n) is 5.60. The second-order valence-corrected chi connectivity index (χ2v) is 5.60. The van der Waals surface area contributed by atoms with Gasteiger partial charge in [0.05, 0.1) is 20.4 Å². The highest BCUT2D eigenvalue weighted by Crippen LogP contribution is 2.22. The smallest absolute Gasteiger partial charge is 0.265 e. The molecule has 2 amide bonds. The van der Waals surface area contributed by atoms with Crippen LogP contribution in [0.5, 0.6) is 11.5 Å². The fraction of sp³-hybridized carbons (Fsp3) is 0.250. The number of rotatable bonds is 9. The molecule has 0 aromatic heterocycles. The molecular weight excluding hydrogens is 362 g/mol. The summed E-state index contributed by atoms with van der Waals surface area (Å²) in [4.78, 5) is 28.9. The van der Waals surface area contributed by atoms with Gasteiger partial charge in [-0.3, -0.25) is 9.59 Å². The number of anilines is 1. The lowest BCUT2D eigenvalue weighted by Gasteiger charge is -2.08. The van der Waals surface area contributed by atoms with Crippen molar-refractivity contribution in [3.05, 3.63) is 53.6 Å². The largest absolute Gasteiger partial charge is 0.497 e. The minimum atomic E-state index is -0.400. The number of nitrogens with zero attached hydrogens (tertiary/aromatic N) is 1. The summed E-state index contributed by atoms with van der Waals surface area (Å²) in [5.74, 6) is 0.640. The number of benzene rings is 2. The first kappa shape index (κ1) is 20.8. The molecule has 8 nitrogen and oxygen atoms in total. The highest BCUT2D eigenvalue weighted by Gasteiger charge is 2.08. The van der Waals surface area contributed by atoms with Gasteiger partial charge in [0.2, 0.25) is 0 Å². The Kier molecular flexibility index (Phi) is 7.83. The summed E-state index contributed by atoms with van der Waals surface area (Å²) >= 11 is 0. The Morgan fingerprint density at radius 1 is 1.11 bits per heavy atom. The minimum Gasteiger partial charge on any atom is -0.497 e. The molecule has 0 atom stereocenters. The van der Waals surface area contributed by atoms with Gasteiger partial charge in [-0.2, -0.15) is 0 Å². The summed E-state index contributed by atoms with van der Waals surface area (Å²) in [6, 6.07) is 11.9. The van der Waals surface area contributed by atoms with E-state index < -0.39 is 5.91 Å². The van der Waals surface area contributed by atoms with E-state index in [0.717, 1.165) is 0 Å². The number of carbonyl (C=O) groups excluding carboxylic acids is 2. The third kappa shape index (κ3) is 6.01. The molecule has 2 N–H and O–H groups in total. The first-order chi connectivity index (χ1) is 13.6. The topological polar surface area (TPSA) is 98.3 Å². The maximum atomic E-state index is 12.0. The standard InChI is InChI=1S/C20H23N3O5/c1-4-21-20(25)14-6-5-7-16(10-14)23-19(24)13-28-22-12-15-11-17(26-2)8-9-18(15)27-3/h5-12H,4,13H2,1-3H3,(H,21,25)(H,23,24)/b22-12+. The van der Waals surface area contributed by atoms with Gasteiger partial charge in [0.15, 0.2) is 6.61 Å². The van der Waals surface area contributed by atoms with Gasteiger partial charge in [-0.1, -0.05) is 11.2 Å². The van der Waals surface area contributed by atoms with Crippen LogP contribution in [0.2, 0.25) is 0 Å².